The number of furan rings is 1. The molecule has 0 saturated heterocycles. The number of ether oxygens (including phenoxy) is 1. The molecular formula is C12H10BrFO3. The van der Waals surface area contributed by atoms with E-state index in [9.17, 15) is 9.18 Å². The lowest BCUT2D eigenvalue weighted by Gasteiger charge is -2.01. The normalized spacial score (nSPS) is 10.8. The Labute approximate surface area is 106 Å². The number of fused-ring (bicyclic) bond motifs is 1. The summed E-state index contributed by atoms with van der Waals surface area (Å²) in [4.78, 5) is 11.8. The minimum absolute atomic E-state index is 0.282. The van der Waals surface area contributed by atoms with E-state index in [1.165, 1.54) is 12.1 Å². The minimum atomic E-state index is -0.462. The van der Waals surface area contributed by atoms with Gasteiger partial charge in [0.25, 0.3) is 0 Å². The van der Waals surface area contributed by atoms with Crippen LogP contribution < -0.4 is 0 Å². The van der Waals surface area contributed by atoms with Crippen LogP contribution in [0.5, 0.6) is 0 Å². The first-order valence-corrected chi connectivity index (χ1v) is 5.89. The number of halogens is 2. The fraction of sp³-hybridized carbons (Fsp3) is 0.250. The van der Waals surface area contributed by atoms with Gasteiger partial charge in [-0.1, -0.05) is 0 Å². The molecule has 0 aliphatic rings. The third-order valence-electron chi connectivity index (χ3n) is 2.36. The fourth-order valence-corrected chi connectivity index (χ4v) is 2.33. The molecule has 0 saturated carbocycles. The first-order valence-electron chi connectivity index (χ1n) is 5.09. The van der Waals surface area contributed by atoms with Gasteiger partial charge in [-0.2, -0.15) is 0 Å². The Morgan fingerprint density at radius 1 is 1.53 bits per heavy atom. The smallest absolute Gasteiger partial charge is 0.342 e. The molecule has 0 unspecified atom stereocenters. The lowest BCUT2D eigenvalue weighted by Crippen LogP contribution is -2.05. The molecule has 1 aromatic carbocycles. The third-order valence-corrected chi connectivity index (χ3v) is 2.99. The largest absolute Gasteiger partial charge is 0.462 e. The van der Waals surface area contributed by atoms with E-state index in [1.807, 2.05) is 0 Å². The second kappa shape index (κ2) is 4.49. The number of benzene rings is 1. The van der Waals surface area contributed by atoms with Gasteiger partial charge in [0.2, 0.25) is 0 Å². The molecule has 1 aromatic heterocycles. The second-order valence-corrected chi connectivity index (χ2v) is 4.37. The van der Waals surface area contributed by atoms with E-state index in [0.717, 1.165) is 0 Å². The van der Waals surface area contributed by atoms with Crippen molar-refractivity contribution in [3.05, 3.63) is 33.7 Å². The van der Waals surface area contributed by atoms with Gasteiger partial charge < -0.3 is 9.15 Å². The van der Waals surface area contributed by atoms with Crippen molar-refractivity contribution in [2.45, 2.75) is 13.8 Å². The molecule has 17 heavy (non-hydrogen) atoms. The molecule has 3 nitrogen and oxygen atoms in total. The van der Waals surface area contributed by atoms with Gasteiger partial charge in [-0.25, -0.2) is 9.18 Å². The van der Waals surface area contributed by atoms with Gasteiger partial charge in [-0.15, -0.1) is 0 Å². The lowest BCUT2D eigenvalue weighted by molar-refractivity contribution is 0.0526. The summed E-state index contributed by atoms with van der Waals surface area (Å²) in [5.41, 5.74) is 0.672. The van der Waals surface area contributed by atoms with E-state index >= 15 is 0 Å². The Balaban J connectivity index is 2.71. The third kappa shape index (κ3) is 2.07. The number of carbonyl (C=O) groups is 1. The predicted molar refractivity (Wildman–Crippen MR) is 64.6 cm³/mol. The SMILES string of the molecule is CCOC(=O)c1c(C)oc2cc(F)cc(Br)c12. The Morgan fingerprint density at radius 2 is 2.24 bits per heavy atom. The van der Waals surface area contributed by atoms with Crippen molar-refractivity contribution >= 4 is 32.9 Å². The van der Waals surface area contributed by atoms with Crippen LogP contribution in [0.1, 0.15) is 23.0 Å². The second-order valence-electron chi connectivity index (χ2n) is 3.51. The maximum Gasteiger partial charge on any atom is 0.342 e. The van der Waals surface area contributed by atoms with Gasteiger partial charge in [0.1, 0.15) is 22.7 Å². The Hall–Kier alpha value is -1.36. The van der Waals surface area contributed by atoms with Crippen molar-refractivity contribution in [2.24, 2.45) is 0 Å². The Kier molecular flexibility index (Phi) is 3.19. The number of hydrogen-bond acceptors (Lipinski definition) is 3. The molecule has 0 N–H and O–H groups in total. The first kappa shape index (κ1) is 12.1. The summed E-state index contributed by atoms with van der Waals surface area (Å²) < 4.78 is 24.0. The highest BCUT2D eigenvalue weighted by Gasteiger charge is 2.21. The summed E-state index contributed by atoms with van der Waals surface area (Å²) in [6.45, 7) is 3.66. The zero-order valence-corrected chi connectivity index (χ0v) is 10.9. The monoisotopic (exact) mass is 300 g/mol. The first-order chi connectivity index (χ1) is 8.04. The topological polar surface area (TPSA) is 39.4 Å². The number of hydrogen-bond donors (Lipinski definition) is 0. The summed E-state index contributed by atoms with van der Waals surface area (Å²) >= 11 is 3.22. The van der Waals surface area contributed by atoms with Gasteiger partial charge in [-0.3, -0.25) is 0 Å². The summed E-state index contributed by atoms with van der Waals surface area (Å²) in [6, 6.07) is 2.54. The minimum Gasteiger partial charge on any atom is -0.462 e. The molecule has 2 aromatic rings. The maximum atomic E-state index is 13.2. The summed E-state index contributed by atoms with van der Waals surface area (Å²) in [7, 11) is 0. The summed E-state index contributed by atoms with van der Waals surface area (Å²) in [6.07, 6.45) is 0. The van der Waals surface area contributed by atoms with Crippen LogP contribution in [0.2, 0.25) is 0 Å². The van der Waals surface area contributed by atoms with E-state index < -0.39 is 11.8 Å². The van der Waals surface area contributed by atoms with Crippen molar-refractivity contribution in [1.29, 1.82) is 0 Å². The van der Waals surface area contributed by atoms with Crippen LogP contribution in [0.4, 0.5) is 4.39 Å². The molecule has 0 radical (unpaired) electrons. The molecule has 0 fully saturated rings. The van der Waals surface area contributed by atoms with Crippen molar-refractivity contribution < 1.29 is 18.3 Å². The molecule has 0 bridgehead atoms. The molecule has 2 rings (SSSR count). The molecule has 0 spiro atoms. The van der Waals surface area contributed by atoms with E-state index in [1.54, 1.807) is 13.8 Å². The highest BCUT2D eigenvalue weighted by atomic mass is 79.9. The number of aryl methyl sites for hydroxylation is 1. The number of rotatable bonds is 2. The van der Waals surface area contributed by atoms with E-state index in [4.69, 9.17) is 9.15 Å². The molecule has 0 amide bonds. The van der Waals surface area contributed by atoms with Crippen LogP contribution in [-0.2, 0) is 4.74 Å². The van der Waals surface area contributed by atoms with Gasteiger partial charge in [0.15, 0.2) is 0 Å². The Morgan fingerprint density at radius 3 is 2.88 bits per heavy atom. The Bertz CT molecular complexity index is 589. The highest BCUT2D eigenvalue weighted by molar-refractivity contribution is 9.10. The average Bonchev–Trinajstić information content (AvgIpc) is 2.54. The predicted octanol–water partition coefficient (Wildman–Crippen LogP) is 3.82. The van der Waals surface area contributed by atoms with Crippen LogP contribution in [0, 0.1) is 12.7 Å². The zero-order valence-electron chi connectivity index (χ0n) is 9.34. The number of esters is 1. The lowest BCUT2D eigenvalue weighted by atomic mass is 10.1. The van der Waals surface area contributed by atoms with E-state index in [2.05, 4.69) is 15.9 Å². The molecule has 90 valence electrons. The summed E-state index contributed by atoms with van der Waals surface area (Å²) in [5.74, 6) is -0.464. The van der Waals surface area contributed by atoms with Crippen LogP contribution in [0.3, 0.4) is 0 Å². The van der Waals surface area contributed by atoms with Gasteiger partial charge in [0, 0.05) is 15.9 Å². The zero-order chi connectivity index (χ0) is 12.6. The van der Waals surface area contributed by atoms with Crippen molar-refractivity contribution in [3.8, 4) is 0 Å². The molecule has 5 heteroatoms. The van der Waals surface area contributed by atoms with Gasteiger partial charge >= 0.3 is 5.97 Å². The molecule has 0 aliphatic heterocycles. The van der Waals surface area contributed by atoms with Crippen LogP contribution in [-0.4, -0.2) is 12.6 Å². The van der Waals surface area contributed by atoms with Crippen LogP contribution >= 0.6 is 15.9 Å². The molecule has 0 aliphatic carbocycles. The van der Waals surface area contributed by atoms with Gasteiger partial charge in [-0.05, 0) is 35.8 Å². The van der Waals surface area contributed by atoms with E-state index in [-0.39, 0.29) is 6.61 Å². The van der Waals surface area contributed by atoms with Gasteiger partial charge in [0.05, 0.1) is 6.61 Å². The summed E-state index contributed by atoms with van der Waals surface area (Å²) in [5, 5.41) is 0.544. The fourth-order valence-electron chi connectivity index (χ4n) is 1.71. The quantitative estimate of drug-likeness (QED) is 0.792. The van der Waals surface area contributed by atoms with Crippen molar-refractivity contribution in [3.63, 3.8) is 0 Å². The van der Waals surface area contributed by atoms with Crippen LogP contribution in [0.15, 0.2) is 21.0 Å². The molecule has 1 heterocycles. The van der Waals surface area contributed by atoms with Crippen LogP contribution in [0.25, 0.3) is 11.0 Å². The molecular weight excluding hydrogens is 291 g/mol. The average molecular weight is 301 g/mol. The molecule has 0 atom stereocenters. The van der Waals surface area contributed by atoms with Crippen molar-refractivity contribution in [2.75, 3.05) is 6.61 Å². The highest BCUT2D eigenvalue weighted by Crippen LogP contribution is 2.33. The number of carbonyl (C=O) groups excluding carboxylic acids is 1. The standard InChI is InChI=1S/C12H10BrFO3/c1-3-16-12(15)10-6(2)17-9-5-7(14)4-8(13)11(9)10/h4-5H,3H2,1-2H3. The maximum absolute atomic E-state index is 13.2. The van der Waals surface area contributed by atoms with E-state index in [0.29, 0.717) is 26.8 Å². The van der Waals surface area contributed by atoms with Crippen molar-refractivity contribution in [1.82, 2.24) is 0 Å².